The molecule has 3 rings (SSSR count). The lowest BCUT2D eigenvalue weighted by Gasteiger charge is -2.02. The molecule has 2 aromatic carbocycles. The third-order valence-electron chi connectivity index (χ3n) is 3.04. The van der Waals surface area contributed by atoms with Crippen LogP contribution in [0.3, 0.4) is 0 Å². The number of rotatable bonds is 2. The molecule has 90 valence electrons. The Morgan fingerprint density at radius 1 is 1.11 bits per heavy atom. The van der Waals surface area contributed by atoms with Gasteiger partial charge in [0.2, 0.25) is 0 Å². The van der Waals surface area contributed by atoms with Crippen LogP contribution in [0.15, 0.2) is 53.3 Å². The van der Waals surface area contributed by atoms with Crippen molar-refractivity contribution in [2.24, 2.45) is 0 Å². The van der Waals surface area contributed by atoms with Crippen LogP contribution in [-0.2, 0) is 6.42 Å². The molecule has 0 N–H and O–H groups in total. The Morgan fingerprint density at radius 3 is 2.72 bits per heavy atom. The number of fused-ring (bicyclic) bond motifs is 1. The molecule has 0 bridgehead atoms. The monoisotopic (exact) mass is 255 g/mol. The van der Waals surface area contributed by atoms with Crippen LogP contribution in [-0.4, -0.2) is 3.96 Å². The largest absolute Gasteiger partial charge is 0.273 e. The predicted octanol–water partition coefficient (Wildman–Crippen LogP) is 3.61. The molecule has 0 aliphatic carbocycles. The Bertz CT molecular complexity index is 754. The highest BCUT2D eigenvalue weighted by Gasteiger charge is 2.08. The molecule has 0 saturated carbocycles. The summed E-state index contributed by atoms with van der Waals surface area (Å²) < 4.78 is 2.80. The lowest BCUT2D eigenvalue weighted by atomic mass is 10.1. The van der Waals surface area contributed by atoms with Gasteiger partial charge in [-0.25, -0.2) is 3.96 Å². The minimum atomic E-state index is 0.0730. The van der Waals surface area contributed by atoms with E-state index in [0.717, 1.165) is 22.2 Å². The minimum absolute atomic E-state index is 0.0730. The van der Waals surface area contributed by atoms with Crippen molar-refractivity contribution in [2.45, 2.75) is 13.3 Å². The van der Waals surface area contributed by atoms with E-state index in [9.17, 15) is 4.79 Å². The molecule has 2 nitrogen and oxygen atoms in total. The highest BCUT2D eigenvalue weighted by molar-refractivity contribution is 7.14. The lowest BCUT2D eigenvalue weighted by Crippen LogP contribution is -2.10. The Morgan fingerprint density at radius 2 is 1.94 bits per heavy atom. The van der Waals surface area contributed by atoms with Gasteiger partial charge in [0.05, 0.1) is 15.8 Å². The van der Waals surface area contributed by atoms with E-state index in [1.165, 1.54) is 17.1 Å². The summed E-state index contributed by atoms with van der Waals surface area (Å²) in [5.74, 6) is 0. The van der Waals surface area contributed by atoms with Crippen molar-refractivity contribution < 1.29 is 0 Å². The molecule has 0 amide bonds. The van der Waals surface area contributed by atoms with Gasteiger partial charge in [0.1, 0.15) is 0 Å². The molecule has 1 heterocycles. The normalized spacial score (nSPS) is 10.9. The van der Waals surface area contributed by atoms with Crippen molar-refractivity contribution in [3.63, 3.8) is 0 Å². The average Bonchev–Trinajstić information content (AvgIpc) is 2.77. The smallest absolute Gasteiger partial charge is 0.267 e. The number of aryl methyl sites for hydroxylation is 1. The molecule has 18 heavy (non-hydrogen) atoms. The molecule has 1 aromatic heterocycles. The van der Waals surface area contributed by atoms with Gasteiger partial charge in [-0.2, -0.15) is 0 Å². The molecule has 0 aliphatic rings. The van der Waals surface area contributed by atoms with Crippen molar-refractivity contribution in [3.8, 4) is 5.69 Å². The van der Waals surface area contributed by atoms with Crippen molar-refractivity contribution in [1.29, 1.82) is 0 Å². The maximum Gasteiger partial charge on any atom is 0.273 e. The number of aromatic nitrogens is 1. The second-order valence-corrected chi connectivity index (χ2v) is 5.20. The number of hydrogen-bond acceptors (Lipinski definition) is 2. The van der Waals surface area contributed by atoms with Gasteiger partial charge in [-0.3, -0.25) is 4.79 Å². The number of hydrogen-bond donors (Lipinski definition) is 0. The first-order chi connectivity index (χ1) is 8.79. The molecular formula is C15H13NOS. The average molecular weight is 255 g/mol. The minimum Gasteiger partial charge on any atom is -0.267 e. The quantitative estimate of drug-likeness (QED) is 0.685. The van der Waals surface area contributed by atoms with E-state index in [-0.39, 0.29) is 5.56 Å². The summed E-state index contributed by atoms with van der Waals surface area (Å²) in [6.07, 6.45) is 0.980. The van der Waals surface area contributed by atoms with Crippen LogP contribution in [0.2, 0.25) is 0 Å². The van der Waals surface area contributed by atoms with Crippen LogP contribution in [0.5, 0.6) is 0 Å². The third kappa shape index (κ3) is 1.77. The predicted molar refractivity (Wildman–Crippen MR) is 76.8 cm³/mol. The van der Waals surface area contributed by atoms with E-state index < -0.39 is 0 Å². The molecule has 0 atom stereocenters. The first kappa shape index (κ1) is 11.2. The van der Waals surface area contributed by atoms with Crippen LogP contribution in [0, 0.1) is 0 Å². The molecule has 3 aromatic rings. The summed E-state index contributed by atoms with van der Waals surface area (Å²) in [6, 6.07) is 15.9. The highest BCUT2D eigenvalue weighted by Crippen LogP contribution is 2.20. The van der Waals surface area contributed by atoms with E-state index in [1.54, 1.807) is 3.96 Å². The second kappa shape index (κ2) is 4.42. The van der Waals surface area contributed by atoms with E-state index in [0.29, 0.717) is 0 Å². The van der Waals surface area contributed by atoms with Crippen molar-refractivity contribution >= 4 is 21.6 Å². The second-order valence-electron chi connectivity index (χ2n) is 4.21. The van der Waals surface area contributed by atoms with Crippen LogP contribution < -0.4 is 5.56 Å². The van der Waals surface area contributed by atoms with Crippen LogP contribution in [0.4, 0.5) is 0 Å². The van der Waals surface area contributed by atoms with Gasteiger partial charge in [-0.15, -0.1) is 0 Å². The number of benzene rings is 2. The van der Waals surface area contributed by atoms with Gasteiger partial charge in [-0.1, -0.05) is 42.7 Å². The SMILES string of the molecule is CCc1cccc(-n2sc3ccccc3c2=O)c1. The summed E-state index contributed by atoms with van der Waals surface area (Å²) in [6.45, 7) is 2.12. The summed E-state index contributed by atoms with van der Waals surface area (Å²) in [7, 11) is 0. The Labute approximate surface area is 109 Å². The zero-order valence-electron chi connectivity index (χ0n) is 10.1. The van der Waals surface area contributed by atoms with Crippen LogP contribution in [0.1, 0.15) is 12.5 Å². The van der Waals surface area contributed by atoms with Crippen molar-refractivity contribution in [2.75, 3.05) is 0 Å². The van der Waals surface area contributed by atoms with E-state index in [1.807, 2.05) is 36.4 Å². The molecule has 0 spiro atoms. The summed E-state index contributed by atoms with van der Waals surface area (Å²) in [5, 5.41) is 0.796. The standard InChI is InChI=1S/C15H13NOS/c1-2-11-6-5-7-12(10-11)16-15(17)13-8-3-4-9-14(13)18-16/h3-10H,2H2,1H3. The zero-order valence-corrected chi connectivity index (χ0v) is 10.9. The fourth-order valence-corrected chi connectivity index (χ4v) is 3.03. The zero-order chi connectivity index (χ0) is 12.5. The highest BCUT2D eigenvalue weighted by atomic mass is 32.1. The Balaban J connectivity index is 2.25. The molecule has 3 heteroatoms. The summed E-state index contributed by atoms with van der Waals surface area (Å²) >= 11 is 1.50. The van der Waals surface area contributed by atoms with Crippen LogP contribution >= 0.6 is 11.5 Å². The molecule has 0 saturated heterocycles. The van der Waals surface area contributed by atoms with Gasteiger partial charge in [0, 0.05) is 0 Å². The first-order valence-corrected chi connectivity index (χ1v) is 6.77. The van der Waals surface area contributed by atoms with E-state index in [2.05, 4.69) is 19.1 Å². The lowest BCUT2D eigenvalue weighted by molar-refractivity contribution is 1.10. The summed E-state index contributed by atoms with van der Waals surface area (Å²) in [4.78, 5) is 12.3. The van der Waals surface area contributed by atoms with Crippen molar-refractivity contribution in [1.82, 2.24) is 3.96 Å². The molecule has 0 aliphatic heterocycles. The maximum absolute atomic E-state index is 12.3. The third-order valence-corrected chi connectivity index (χ3v) is 4.16. The Kier molecular flexibility index (Phi) is 2.76. The van der Waals surface area contributed by atoms with Gasteiger partial charge in [-0.05, 0) is 36.2 Å². The van der Waals surface area contributed by atoms with E-state index in [4.69, 9.17) is 0 Å². The topological polar surface area (TPSA) is 22.0 Å². The molecular weight excluding hydrogens is 242 g/mol. The maximum atomic E-state index is 12.3. The summed E-state index contributed by atoms with van der Waals surface area (Å²) in [5.41, 5.74) is 2.28. The first-order valence-electron chi connectivity index (χ1n) is 6.00. The van der Waals surface area contributed by atoms with Crippen molar-refractivity contribution in [3.05, 3.63) is 64.4 Å². The van der Waals surface area contributed by atoms with E-state index >= 15 is 0 Å². The van der Waals surface area contributed by atoms with Gasteiger partial charge < -0.3 is 0 Å². The Hall–Kier alpha value is -1.87. The van der Waals surface area contributed by atoms with Crippen LogP contribution in [0.25, 0.3) is 15.8 Å². The van der Waals surface area contributed by atoms with Gasteiger partial charge >= 0.3 is 0 Å². The fraction of sp³-hybridized carbons (Fsp3) is 0.133. The van der Waals surface area contributed by atoms with Gasteiger partial charge in [0.25, 0.3) is 5.56 Å². The van der Waals surface area contributed by atoms with Gasteiger partial charge in [0.15, 0.2) is 0 Å². The molecule has 0 fully saturated rings. The number of nitrogens with zero attached hydrogens (tertiary/aromatic N) is 1. The molecule has 0 unspecified atom stereocenters. The fourth-order valence-electron chi connectivity index (χ4n) is 2.04. The molecule has 0 radical (unpaired) electrons.